The van der Waals surface area contributed by atoms with E-state index in [-0.39, 0.29) is 5.91 Å². The van der Waals surface area contributed by atoms with Crippen LogP contribution in [0.5, 0.6) is 5.75 Å². The van der Waals surface area contributed by atoms with E-state index >= 15 is 0 Å². The summed E-state index contributed by atoms with van der Waals surface area (Å²) in [7, 11) is 1.68. The van der Waals surface area contributed by atoms with Gasteiger partial charge in [-0.3, -0.25) is 9.69 Å². The van der Waals surface area contributed by atoms with Gasteiger partial charge in [-0.1, -0.05) is 29.4 Å². The molecule has 1 aromatic carbocycles. The van der Waals surface area contributed by atoms with Gasteiger partial charge in [0.05, 0.1) is 7.11 Å². The first-order valence-corrected chi connectivity index (χ1v) is 9.38. The average Bonchev–Trinajstić information content (AvgIpc) is 3.14. The molecule has 27 heavy (non-hydrogen) atoms. The molecule has 6 heteroatoms. The minimum atomic E-state index is -0.156. The Morgan fingerprint density at radius 1 is 1.33 bits per heavy atom. The van der Waals surface area contributed by atoms with Crippen LogP contribution in [0, 0.1) is 12.8 Å². The highest BCUT2D eigenvalue weighted by atomic mass is 16.5. The zero-order valence-corrected chi connectivity index (χ0v) is 16.0. The van der Waals surface area contributed by atoms with Gasteiger partial charge in [0, 0.05) is 19.2 Å². The number of ether oxygens (including phenoxy) is 1. The van der Waals surface area contributed by atoms with Crippen LogP contribution in [-0.4, -0.2) is 49.3 Å². The predicted octanol–water partition coefficient (Wildman–Crippen LogP) is 3.15. The summed E-state index contributed by atoms with van der Waals surface area (Å²) >= 11 is 0. The number of amides is 1. The van der Waals surface area contributed by atoms with E-state index in [1.807, 2.05) is 12.1 Å². The van der Waals surface area contributed by atoms with Crippen LogP contribution in [0.4, 0.5) is 0 Å². The van der Waals surface area contributed by atoms with E-state index in [9.17, 15) is 4.79 Å². The summed E-state index contributed by atoms with van der Waals surface area (Å²) in [5.41, 5.74) is 1.53. The molecule has 0 bridgehead atoms. The van der Waals surface area contributed by atoms with Crippen molar-refractivity contribution in [2.75, 3.05) is 33.3 Å². The van der Waals surface area contributed by atoms with Gasteiger partial charge in [0.25, 0.3) is 5.91 Å². The molecule has 1 aromatic heterocycles. The lowest BCUT2D eigenvalue weighted by Gasteiger charge is -2.31. The molecular weight excluding hydrogens is 342 g/mol. The molecule has 1 saturated heterocycles. The number of piperidine rings is 1. The summed E-state index contributed by atoms with van der Waals surface area (Å²) in [5.74, 6) is 1.89. The van der Waals surface area contributed by atoms with Crippen molar-refractivity contribution in [2.24, 2.45) is 5.92 Å². The Kier molecular flexibility index (Phi) is 6.65. The molecule has 1 aliphatic heterocycles. The lowest BCUT2D eigenvalue weighted by Crippen LogP contribution is -2.38. The normalized spacial score (nSPS) is 15.9. The number of carbonyl (C=O) groups is 1. The van der Waals surface area contributed by atoms with E-state index in [4.69, 9.17) is 9.26 Å². The van der Waals surface area contributed by atoms with Gasteiger partial charge in [-0.2, -0.15) is 0 Å². The number of carbonyl (C=O) groups excluding carboxylic acids is 1. The Bertz CT molecular complexity index is 759. The minimum Gasteiger partial charge on any atom is -0.497 e. The van der Waals surface area contributed by atoms with E-state index in [2.05, 4.69) is 39.7 Å². The van der Waals surface area contributed by atoms with Crippen molar-refractivity contribution in [2.45, 2.75) is 19.8 Å². The largest absolute Gasteiger partial charge is 0.497 e. The van der Waals surface area contributed by atoms with Crippen molar-refractivity contribution in [1.29, 1.82) is 0 Å². The maximum Gasteiger partial charge on any atom is 0.273 e. The lowest BCUT2D eigenvalue weighted by atomic mass is 9.96. The quantitative estimate of drug-likeness (QED) is 0.812. The van der Waals surface area contributed by atoms with Gasteiger partial charge in [-0.25, -0.2) is 0 Å². The standard InChI is InChI=1S/C21H27N3O3/c1-16-14-20(23-27-16)21(25)22-15-18-9-12-24(13-10-18)11-3-4-17-5-7-19(26-2)8-6-17/h3-8,14,18H,9-13,15H2,1-2H3,(H,22,25). The first kappa shape index (κ1) is 19.2. The molecule has 0 radical (unpaired) electrons. The van der Waals surface area contributed by atoms with E-state index in [0.29, 0.717) is 23.9 Å². The Balaban J connectivity index is 1.36. The third-order valence-electron chi connectivity index (χ3n) is 4.91. The number of benzene rings is 1. The van der Waals surface area contributed by atoms with E-state index in [0.717, 1.165) is 38.2 Å². The first-order valence-electron chi connectivity index (χ1n) is 9.38. The first-order chi connectivity index (χ1) is 13.1. The highest BCUT2D eigenvalue weighted by molar-refractivity contribution is 5.92. The SMILES string of the molecule is COc1ccc(C=CCN2CCC(CNC(=O)c3cc(C)on3)CC2)cc1. The number of rotatable bonds is 7. The van der Waals surface area contributed by atoms with Crippen molar-refractivity contribution in [1.82, 2.24) is 15.4 Å². The van der Waals surface area contributed by atoms with Gasteiger partial charge in [0.1, 0.15) is 11.5 Å². The smallest absolute Gasteiger partial charge is 0.273 e. The molecule has 1 fully saturated rings. The highest BCUT2D eigenvalue weighted by Gasteiger charge is 2.20. The maximum absolute atomic E-state index is 12.0. The number of aromatic nitrogens is 1. The molecule has 2 aromatic rings. The number of nitrogens with zero attached hydrogens (tertiary/aromatic N) is 2. The molecule has 2 heterocycles. The summed E-state index contributed by atoms with van der Waals surface area (Å²) in [6.45, 7) is 5.53. The summed E-state index contributed by atoms with van der Waals surface area (Å²) in [4.78, 5) is 14.5. The van der Waals surface area contributed by atoms with Crippen LogP contribution in [-0.2, 0) is 0 Å². The van der Waals surface area contributed by atoms with Gasteiger partial charge in [-0.15, -0.1) is 0 Å². The van der Waals surface area contributed by atoms with Crippen molar-refractivity contribution in [3.63, 3.8) is 0 Å². The Morgan fingerprint density at radius 3 is 2.70 bits per heavy atom. The van der Waals surface area contributed by atoms with Crippen LogP contribution < -0.4 is 10.1 Å². The molecular formula is C21H27N3O3. The van der Waals surface area contributed by atoms with Crippen LogP contribution in [0.1, 0.15) is 34.7 Å². The zero-order chi connectivity index (χ0) is 19.1. The fraction of sp³-hybridized carbons (Fsp3) is 0.429. The number of likely N-dealkylation sites (tertiary alicyclic amines) is 1. The molecule has 0 aliphatic carbocycles. The summed E-state index contributed by atoms with van der Waals surface area (Å²) in [5, 5.41) is 6.72. The minimum absolute atomic E-state index is 0.156. The predicted molar refractivity (Wildman–Crippen MR) is 105 cm³/mol. The Labute approximate surface area is 160 Å². The van der Waals surface area contributed by atoms with E-state index in [1.165, 1.54) is 5.56 Å². The summed E-state index contributed by atoms with van der Waals surface area (Å²) in [6.07, 6.45) is 6.53. The van der Waals surface area contributed by atoms with Crippen molar-refractivity contribution < 1.29 is 14.1 Å². The molecule has 6 nitrogen and oxygen atoms in total. The van der Waals surface area contributed by atoms with Crippen molar-refractivity contribution in [3.8, 4) is 5.75 Å². The molecule has 0 saturated carbocycles. The molecule has 0 atom stereocenters. The van der Waals surface area contributed by atoms with Gasteiger partial charge < -0.3 is 14.6 Å². The van der Waals surface area contributed by atoms with E-state index < -0.39 is 0 Å². The van der Waals surface area contributed by atoms with Gasteiger partial charge >= 0.3 is 0 Å². The molecule has 1 N–H and O–H groups in total. The third-order valence-corrected chi connectivity index (χ3v) is 4.91. The summed E-state index contributed by atoms with van der Waals surface area (Å²) in [6, 6.07) is 9.72. The number of hydrogen-bond acceptors (Lipinski definition) is 5. The van der Waals surface area contributed by atoms with Crippen molar-refractivity contribution >= 4 is 12.0 Å². The maximum atomic E-state index is 12.0. The van der Waals surface area contributed by atoms with E-state index in [1.54, 1.807) is 20.1 Å². The molecule has 144 valence electrons. The Hall–Kier alpha value is -2.60. The van der Waals surface area contributed by atoms with Gasteiger partial charge in [-0.05, 0) is 56.5 Å². The van der Waals surface area contributed by atoms with Crippen LogP contribution in [0.2, 0.25) is 0 Å². The number of aryl methyl sites for hydroxylation is 1. The number of hydrogen-bond donors (Lipinski definition) is 1. The van der Waals surface area contributed by atoms with Gasteiger partial charge in [0.15, 0.2) is 5.69 Å². The monoisotopic (exact) mass is 369 g/mol. The fourth-order valence-corrected chi connectivity index (χ4v) is 3.23. The summed E-state index contributed by atoms with van der Waals surface area (Å²) < 4.78 is 10.1. The Morgan fingerprint density at radius 2 is 2.07 bits per heavy atom. The number of nitrogens with one attached hydrogen (secondary N) is 1. The fourth-order valence-electron chi connectivity index (χ4n) is 3.23. The van der Waals surface area contributed by atoms with Crippen LogP contribution in [0.3, 0.4) is 0 Å². The molecule has 1 aliphatic rings. The topological polar surface area (TPSA) is 67.6 Å². The second-order valence-corrected chi connectivity index (χ2v) is 6.95. The average molecular weight is 369 g/mol. The lowest BCUT2D eigenvalue weighted by molar-refractivity contribution is 0.0928. The second-order valence-electron chi connectivity index (χ2n) is 6.95. The second kappa shape index (κ2) is 9.37. The van der Waals surface area contributed by atoms with Crippen LogP contribution in [0.15, 0.2) is 40.9 Å². The highest BCUT2D eigenvalue weighted by Crippen LogP contribution is 2.17. The molecule has 1 amide bonds. The van der Waals surface area contributed by atoms with Crippen molar-refractivity contribution in [3.05, 3.63) is 53.4 Å². The molecule has 0 unspecified atom stereocenters. The number of methoxy groups -OCH3 is 1. The zero-order valence-electron chi connectivity index (χ0n) is 16.0. The third kappa shape index (κ3) is 5.69. The molecule has 0 spiro atoms. The van der Waals surface area contributed by atoms with Gasteiger partial charge in [0.2, 0.25) is 0 Å². The molecule has 3 rings (SSSR count). The van der Waals surface area contributed by atoms with Crippen LogP contribution >= 0.6 is 0 Å². The van der Waals surface area contributed by atoms with Crippen LogP contribution in [0.25, 0.3) is 6.08 Å².